The van der Waals surface area contributed by atoms with Crippen molar-refractivity contribution in [2.45, 2.75) is 160 Å². The third kappa shape index (κ3) is 12.5. The van der Waals surface area contributed by atoms with Crippen molar-refractivity contribution in [2.75, 3.05) is 46.3 Å². The average Bonchev–Trinajstić information content (AvgIpc) is 3.81. The third-order valence-corrected chi connectivity index (χ3v) is 13.1. The minimum Gasteiger partial charge on any atom is -0.458 e. The minimum absolute atomic E-state index is 0.212. The first kappa shape index (κ1) is 52.7. The molecule has 0 radical (unpaired) electrons. The third-order valence-electron chi connectivity index (χ3n) is 13.1. The molecule has 2 unspecified atom stereocenters. The number of aromatic nitrogens is 3. The number of hydrogen-bond acceptors (Lipinski definition) is 15. The molecule has 4 heterocycles. The highest BCUT2D eigenvalue weighted by molar-refractivity contribution is 7.93. The van der Waals surface area contributed by atoms with Crippen LogP contribution in [0.5, 0.6) is 0 Å². The number of ketones is 1. The Morgan fingerprint density at radius 2 is 1.80 bits per heavy atom. The molecule has 64 heavy (non-hydrogen) atoms. The number of likely N-dealkylation sites (N-methyl/N-ethyl adjacent to an activating group) is 1. The van der Waals surface area contributed by atoms with Gasteiger partial charge in [-0.2, -0.15) is 3.89 Å². The number of nitrogen functional groups attached to an aromatic ring is 1. The van der Waals surface area contributed by atoms with Gasteiger partial charge in [0.25, 0.3) is 0 Å². The van der Waals surface area contributed by atoms with E-state index in [0.29, 0.717) is 50.2 Å². The summed E-state index contributed by atoms with van der Waals surface area (Å²) in [5, 5.41) is 20.0. The molecule has 3 aliphatic rings. The number of aliphatic hydroxyl groups excluding tert-OH is 1. The van der Waals surface area contributed by atoms with E-state index in [1.807, 2.05) is 84.1 Å². The zero-order valence-electron chi connectivity index (χ0n) is 39.7. The van der Waals surface area contributed by atoms with Crippen LogP contribution in [0.1, 0.15) is 93.9 Å². The molecule has 0 aliphatic carbocycles. The fraction of sp³-hybridized carbons (Fsp3) is 0.733. The molecule has 3 fully saturated rings. The Bertz CT molecular complexity index is 1880. The standard InChI is InChI=1S/C44H69N7O10.CH3FS/c1-12-36-44(8)39(50(42(56)61-44)19-14-13-18-49-25-33(46-47-49)31-16-15-17-32(45)21-31)29(5)51(30(6)52)24-26(2)23-43(7,57-11)37(22-35(53)28(4)40(55)59-36)60-41-38(54)34(48(9)10)20-27(3)58-41;1-3-2/h15-17,21,25-29,34,36-39,41,54H,12-14,18-20,22-24,45H2,1-11H3;1H3/t26-,27-,28-,29-,34?,36-,37-,38?,39-,41+,43+,44-;/m1./s1. The lowest BCUT2D eigenvalue weighted by atomic mass is 9.82. The molecule has 1 aromatic heterocycles. The van der Waals surface area contributed by atoms with Crippen LogP contribution >= 0.6 is 12.1 Å². The number of amides is 2. The topological polar surface area (TPSA) is 201 Å². The first-order valence-corrected chi connectivity index (χ1v) is 23.4. The number of methoxy groups -OCH3 is 1. The van der Waals surface area contributed by atoms with Gasteiger partial charge in [-0.15, -0.1) is 5.10 Å². The number of rotatable bonds is 11. The highest BCUT2D eigenvalue weighted by Gasteiger charge is 2.59. The number of carbonyl (C=O) groups is 4. The molecule has 19 heteroatoms. The molecular formula is C45H72FN7O10S. The number of aryl methyl sites for hydroxylation is 1. The van der Waals surface area contributed by atoms with Crippen LogP contribution in [0.4, 0.5) is 14.4 Å². The largest absolute Gasteiger partial charge is 0.458 e. The highest BCUT2D eigenvalue weighted by atomic mass is 32.2. The van der Waals surface area contributed by atoms with E-state index in [1.165, 1.54) is 27.2 Å². The van der Waals surface area contributed by atoms with Gasteiger partial charge in [-0.05, 0) is 98.9 Å². The molecule has 17 nitrogen and oxygen atoms in total. The van der Waals surface area contributed by atoms with Crippen LogP contribution in [0.15, 0.2) is 30.5 Å². The number of esters is 1. The van der Waals surface area contributed by atoms with Crippen molar-refractivity contribution in [3.63, 3.8) is 0 Å². The second kappa shape index (κ2) is 23.0. The quantitative estimate of drug-likeness (QED) is 0.123. The number of fused-ring (bicyclic) bond motifs is 1. The van der Waals surface area contributed by atoms with Gasteiger partial charge in [-0.3, -0.25) is 24.0 Å². The van der Waals surface area contributed by atoms with E-state index in [4.69, 9.17) is 29.4 Å². The van der Waals surface area contributed by atoms with E-state index >= 15 is 0 Å². The van der Waals surface area contributed by atoms with Gasteiger partial charge >= 0.3 is 12.1 Å². The van der Waals surface area contributed by atoms with Crippen molar-refractivity contribution >= 4 is 41.6 Å². The number of benzene rings is 1. The van der Waals surface area contributed by atoms with Crippen molar-refractivity contribution in [3.05, 3.63) is 30.5 Å². The predicted molar refractivity (Wildman–Crippen MR) is 241 cm³/mol. The summed E-state index contributed by atoms with van der Waals surface area (Å²) in [5.41, 5.74) is 5.63. The molecule has 3 saturated heterocycles. The molecule has 360 valence electrons. The lowest BCUT2D eigenvalue weighted by Crippen LogP contribution is -2.62. The van der Waals surface area contributed by atoms with E-state index < -0.39 is 71.7 Å². The van der Waals surface area contributed by atoms with Gasteiger partial charge in [0.15, 0.2) is 11.9 Å². The molecule has 0 spiro atoms. The molecule has 12 atom stereocenters. The van der Waals surface area contributed by atoms with E-state index in [1.54, 1.807) is 21.4 Å². The minimum atomic E-state index is -1.39. The van der Waals surface area contributed by atoms with Crippen LogP contribution in [0.2, 0.25) is 0 Å². The summed E-state index contributed by atoms with van der Waals surface area (Å²) < 4.78 is 43.3. The number of cyclic esters (lactones) is 1. The fourth-order valence-corrected chi connectivity index (χ4v) is 9.50. The zero-order valence-corrected chi connectivity index (χ0v) is 40.5. The van der Waals surface area contributed by atoms with Gasteiger partial charge < -0.3 is 44.3 Å². The SMILES string of the molecule is CC[C@H]1OC(=O)[C@H](C)C(=O)C[C@@H](O[C@@H]2O[C@H](C)CC(N(C)C)C2O)[C@@](C)(OC)C[C@@H](C)CN(C(C)=O)[C@H](C)[C@H]2N(CCCCn3cc(-c4cccc(N)c4)nn3)C(=O)O[C@]12C.CSF. The zero-order chi connectivity index (χ0) is 47.7. The number of hydrogen-bond donors (Lipinski definition) is 2. The molecule has 5 rings (SSSR count). The smallest absolute Gasteiger partial charge is 0.410 e. The Hall–Kier alpha value is -3.88. The summed E-state index contributed by atoms with van der Waals surface area (Å²) in [5.74, 6) is -2.87. The van der Waals surface area contributed by atoms with Crippen molar-refractivity contribution in [3.8, 4) is 11.3 Å². The van der Waals surface area contributed by atoms with E-state index in [0.717, 1.165) is 5.56 Å². The van der Waals surface area contributed by atoms with E-state index in [9.17, 15) is 28.2 Å². The number of carbonyl (C=O) groups excluding carboxylic acids is 4. The van der Waals surface area contributed by atoms with Gasteiger partial charge in [-0.1, -0.05) is 31.2 Å². The number of halogens is 1. The highest BCUT2D eigenvalue weighted by Crippen LogP contribution is 2.41. The Morgan fingerprint density at radius 3 is 2.41 bits per heavy atom. The first-order chi connectivity index (χ1) is 30.1. The molecule has 0 saturated carbocycles. The van der Waals surface area contributed by atoms with Gasteiger partial charge in [-0.25, -0.2) is 4.79 Å². The number of ether oxygens (including phenoxy) is 5. The van der Waals surface area contributed by atoms with Crippen molar-refractivity contribution in [1.29, 1.82) is 0 Å². The van der Waals surface area contributed by atoms with Crippen molar-refractivity contribution < 1.29 is 51.9 Å². The lowest BCUT2D eigenvalue weighted by Gasteiger charge is -2.46. The maximum Gasteiger partial charge on any atom is 0.410 e. The van der Waals surface area contributed by atoms with E-state index in [2.05, 4.69) is 10.3 Å². The molecular weight excluding hydrogens is 850 g/mol. The lowest BCUT2D eigenvalue weighted by molar-refractivity contribution is -0.289. The van der Waals surface area contributed by atoms with Crippen LogP contribution in [0.25, 0.3) is 11.3 Å². The van der Waals surface area contributed by atoms with Gasteiger partial charge in [0.1, 0.15) is 29.6 Å². The predicted octanol–water partition coefficient (Wildman–Crippen LogP) is 5.53. The summed E-state index contributed by atoms with van der Waals surface area (Å²) in [6, 6.07) is 5.84. The monoisotopic (exact) mass is 922 g/mol. The van der Waals surface area contributed by atoms with Crippen LogP contribution in [0, 0.1) is 11.8 Å². The normalized spacial score (nSPS) is 33.1. The van der Waals surface area contributed by atoms with Crippen LogP contribution < -0.4 is 5.73 Å². The Balaban J connectivity index is 0.00000291. The molecule has 0 bridgehead atoms. The fourth-order valence-electron chi connectivity index (χ4n) is 9.50. The Labute approximate surface area is 382 Å². The van der Waals surface area contributed by atoms with Gasteiger partial charge in [0, 0.05) is 75.8 Å². The Kier molecular flexibility index (Phi) is 19.0. The second-order valence-electron chi connectivity index (χ2n) is 18.2. The number of anilines is 1. The first-order valence-electron chi connectivity index (χ1n) is 22.3. The molecule has 2 amide bonds. The molecule has 3 aliphatic heterocycles. The summed E-state index contributed by atoms with van der Waals surface area (Å²) in [6.45, 7) is 15.3. The van der Waals surface area contributed by atoms with Crippen LogP contribution in [-0.4, -0.2) is 159 Å². The summed E-state index contributed by atoms with van der Waals surface area (Å²) in [4.78, 5) is 61.1. The van der Waals surface area contributed by atoms with Crippen molar-refractivity contribution in [2.24, 2.45) is 11.8 Å². The second-order valence-corrected chi connectivity index (χ2v) is 18.5. The van der Waals surface area contributed by atoms with Crippen LogP contribution in [0.3, 0.4) is 0 Å². The molecule has 3 N–H and O–H groups in total. The summed E-state index contributed by atoms with van der Waals surface area (Å²) in [7, 11) is 5.29. The Morgan fingerprint density at radius 1 is 1.12 bits per heavy atom. The number of Topliss-reactive ketones (excluding diaryl/α,β-unsaturated/α-hetero) is 1. The van der Waals surface area contributed by atoms with Gasteiger partial charge in [0.2, 0.25) is 5.91 Å². The number of aliphatic hydroxyl groups is 1. The number of unbranched alkanes of at least 4 members (excludes halogenated alkanes) is 1. The van der Waals surface area contributed by atoms with E-state index in [-0.39, 0.29) is 55.5 Å². The van der Waals surface area contributed by atoms with Crippen molar-refractivity contribution in [1.82, 2.24) is 29.7 Å². The maximum atomic E-state index is 14.1. The molecule has 1 aromatic carbocycles. The summed E-state index contributed by atoms with van der Waals surface area (Å²) in [6.07, 6.45) is 0.533. The van der Waals surface area contributed by atoms with Gasteiger partial charge in [0.05, 0.1) is 36.1 Å². The summed E-state index contributed by atoms with van der Waals surface area (Å²) >= 11 is 0.250. The molecule has 2 aromatic rings. The maximum absolute atomic E-state index is 14.1. The number of nitrogens with two attached hydrogens (primary N) is 1. The number of nitrogens with zero attached hydrogens (tertiary/aromatic N) is 6. The average molecular weight is 922 g/mol. The van der Waals surface area contributed by atoms with Crippen LogP contribution in [-0.2, 0) is 44.6 Å².